The van der Waals surface area contributed by atoms with Gasteiger partial charge in [0, 0.05) is 17.5 Å². The van der Waals surface area contributed by atoms with Crippen molar-refractivity contribution in [2.45, 2.75) is 25.7 Å². The van der Waals surface area contributed by atoms with Gasteiger partial charge in [-0.15, -0.1) is 11.3 Å². The predicted octanol–water partition coefficient (Wildman–Crippen LogP) is 3.40. The molecule has 0 amide bonds. The summed E-state index contributed by atoms with van der Waals surface area (Å²) in [5.41, 5.74) is 2.38. The standard InChI is InChI=1S/C15H20N4S/c1-11-4-3-7-16-14(11)18-15-17-13(10-20-15)12-5-8-19(2)9-6-12/h3-4,7,10,12H,5-6,8-9H2,1-2H3,(H,16,17,18). The van der Waals surface area contributed by atoms with Crippen molar-refractivity contribution in [3.05, 3.63) is 35.0 Å². The summed E-state index contributed by atoms with van der Waals surface area (Å²) >= 11 is 1.67. The van der Waals surface area contributed by atoms with Crippen molar-refractivity contribution < 1.29 is 0 Å². The third kappa shape index (κ3) is 2.99. The van der Waals surface area contributed by atoms with Crippen molar-refractivity contribution in [3.63, 3.8) is 0 Å². The number of hydrogen-bond acceptors (Lipinski definition) is 5. The van der Waals surface area contributed by atoms with Gasteiger partial charge in [0.25, 0.3) is 0 Å². The summed E-state index contributed by atoms with van der Waals surface area (Å²) in [6.07, 6.45) is 4.23. The van der Waals surface area contributed by atoms with Gasteiger partial charge in [-0.05, 0) is 51.5 Å². The Balaban J connectivity index is 1.69. The second-order valence-electron chi connectivity index (χ2n) is 5.45. The molecule has 1 fully saturated rings. The molecule has 0 saturated carbocycles. The number of aryl methyl sites for hydroxylation is 1. The Morgan fingerprint density at radius 1 is 1.35 bits per heavy atom. The maximum absolute atomic E-state index is 4.74. The molecule has 0 atom stereocenters. The molecule has 1 N–H and O–H groups in total. The van der Waals surface area contributed by atoms with Gasteiger partial charge in [0.2, 0.25) is 0 Å². The monoisotopic (exact) mass is 288 g/mol. The molecule has 1 aliphatic heterocycles. The Bertz CT molecular complexity index is 573. The Morgan fingerprint density at radius 3 is 2.90 bits per heavy atom. The quantitative estimate of drug-likeness (QED) is 0.940. The summed E-state index contributed by atoms with van der Waals surface area (Å²) in [7, 11) is 2.19. The van der Waals surface area contributed by atoms with Crippen LogP contribution in [-0.2, 0) is 0 Å². The van der Waals surface area contributed by atoms with Gasteiger partial charge in [0.1, 0.15) is 5.82 Å². The molecule has 0 radical (unpaired) electrons. The van der Waals surface area contributed by atoms with Crippen LogP contribution < -0.4 is 5.32 Å². The average molecular weight is 288 g/mol. The normalized spacial score (nSPS) is 17.3. The summed E-state index contributed by atoms with van der Waals surface area (Å²) in [6, 6.07) is 4.01. The lowest BCUT2D eigenvalue weighted by Gasteiger charge is -2.27. The second-order valence-corrected chi connectivity index (χ2v) is 6.31. The molecule has 3 rings (SSSR count). The van der Waals surface area contributed by atoms with Gasteiger partial charge in [-0.3, -0.25) is 0 Å². The molecule has 106 valence electrons. The fraction of sp³-hybridized carbons (Fsp3) is 0.467. The number of anilines is 2. The fourth-order valence-corrected chi connectivity index (χ4v) is 3.34. The van der Waals surface area contributed by atoms with Crippen LogP contribution in [0.2, 0.25) is 0 Å². The fourth-order valence-electron chi connectivity index (χ4n) is 2.55. The number of piperidine rings is 1. The van der Waals surface area contributed by atoms with E-state index in [4.69, 9.17) is 4.98 Å². The number of nitrogens with zero attached hydrogens (tertiary/aromatic N) is 3. The van der Waals surface area contributed by atoms with Gasteiger partial charge in [0.05, 0.1) is 5.69 Å². The zero-order valence-corrected chi connectivity index (χ0v) is 12.8. The van der Waals surface area contributed by atoms with E-state index in [-0.39, 0.29) is 0 Å². The lowest BCUT2D eigenvalue weighted by atomic mass is 9.95. The highest BCUT2D eigenvalue weighted by atomic mass is 32.1. The van der Waals surface area contributed by atoms with Crippen LogP contribution in [0.3, 0.4) is 0 Å². The molecule has 5 heteroatoms. The van der Waals surface area contributed by atoms with Gasteiger partial charge in [-0.25, -0.2) is 9.97 Å². The molecule has 2 aromatic rings. The van der Waals surface area contributed by atoms with E-state index in [1.54, 1.807) is 17.5 Å². The largest absolute Gasteiger partial charge is 0.316 e. The predicted molar refractivity (Wildman–Crippen MR) is 83.8 cm³/mol. The first kappa shape index (κ1) is 13.5. The number of rotatable bonds is 3. The molecule has 0 unspecified atom stereocenters. The van der Waals surface area contributed by atoms with Crippen molar-refractivity contribution in [2.24, 2.45) is 0 Å². The van der Waals surface area contributed by atoms with E-state index in [0.717, 1.165) is 16.5 Å². The second kappa shape index (κ2) is 5.89. The van der Waals surface area contributed by atoms with Crippen LogP contribution in [0.4, 0.5) is 10.9 Å². The first-order valence-electron chi connectivity index (χ1n) is 7.05. The highest BCUT2D eigenvalue weighted by Crippen LogP contribution is 2.31. The van der Waals surface area contributed by atoms with E-state index in [2.05, 4.69) is 40.6 Å². The van der Waals surface area contributed by atoms with Crippen molar-refractivity contribution in [1.82, 2.24) is 14.9 Å². The summed E-state index contributed by atoms with van der Waals surface area (Å²) in [6.45, 7) is 4.40. The molecule has 2 aromatic heterocycles. The van der Waals surface area contributed by atoms with Crippen molar-refractivity contribution in [3.8, 4) is 0 Å². The number of pyridine rings is 1. The molecular formula is C15H20N4S. The van der Waals surface area contributed by atoms with E-state index in [0.29, 0.717) is 5.92 Å². The lowest BCUT2D eigenvalue weighted by Crippen LogP contribution is -2.29. The molecule has 4 nitrogen and oxygen atoms in total. The number of nitrogens with one attached hydrogen (secondary N) is 1. The third-order valence-electron chi connectivity index (χ3n) is 3.89. The zero-order valence-electron chi connectivity index (χ0n) is 12.0. The van der Waals surface area contributed by atoms with Crippen molar-refractivity contribution in [2.75, 3.05) is 25.5 Å². The highest BCUT2D eigenvalue weighted by molar-refractivity contribution is 7.13. The smallest absolute Gasteiger partial charge is 0.188 e. The molecule has 20 heavy (non-hydrogen) atoms. The lowest BCUT2D eigenvalue weighted by molar-refractivity contribution is 0.254. The van der Waals surface area contributed by atoms with E-state index in [1.165, 1.54) is 31.6 Å². The minimum atomic E-state index is 0.614. The van der Waals surface area contributed by atoms with E-state index in [9.17, 15) is 0 Å². The Kier molecular flexibility index (Phi) is 3.98. The van der Waals surface area contributed by atoms with Crippen LogP contribution in [-0.4, -0.2) is 35.0 Å². The molecule has 1 aliphatic rings. The van der Waals surface area contributed by atoms with Gasteiger partial charge < -0.3 is 10.2 Å². The molecule has 3 heterocycles. The maximum atomic E-state index is 4.74. The number of aromatic nitrogens is 2. The van der Waals surface area contributed by atoms with Crippen LogP contribution in [0.5, 0.6) is 0 Å². The Morgan fingerprint density at radius 2 is 2.15 bits per heavy atom. The maximum Gasteiger partial charge on any atom is 0.188 e. The Hall–Kier alpha value is -1.46. The molecule has 0 aromatic carbocycles. The minimum absolute atomic E-state index is 0.614. The number of thiazole rings is 1. The van der Waals surface area contributed by atoms with E-state index < -0.39 is 0 Å². The van der Waals surface area contributed by atoms with Crippen LogP contribution in [0.25, 0.3) is 0 Å². The molecular weight excluding hydrogens is 268 g/mol. The molecule has 0 bridgehead atoms. The van der Waals surface area contributed by atoms with Gasteiger partial charge in [-0.1, -0.05) is 6.07 Å². The van der Waals surface area contributed by atoms with Gasteiger partial charge >= 0.3 is 0 Å². The van der Waals surface area contributed by atoms with Crippen LogP contribution in [0.1, 0.15) is 30.0 Å². The van der Waals surface area contributed by atoms with Gasteiger partial charge in [-0.2, -0.15) is 0 Å². The van der Waals surface area contributed by atoms with Crippen LogP contribution >= 0.6 is 11.3 Å². The average Bonchev–Trinajstić information content (AvgIpc) is 2.91. The summed E-state index contributed by atoms with van der Waals surface area (Å²) in [4.78, 5) is 11.5. The molecule has 1 saturated heterocycles. The zero-order chi connectivity index (χ0) is 13.9. The van der Waals surface area contributed by atoms with Crippen molar-refractivity contribution >= 4 is 22.3 Å². The molecule has 0 spiro atoms. The number of likely N-dealkylation sites (tertiary alicyclic amines) is 1. The van der Waals surface area contributed by atoms with E-state index >= 15 is 0 Å². The molecule has 0 aliphatic carbocycles. The SMILES string of the molecule is Cc1cccnc1Nc1nc(C2CCN(C)CC2)cs1. The van der Waals surface area contributed by atoms with Gasteiger partial charge in [0.15, 0.2) is 5.13 Å². The first-order chi connectivity index (χ1) is 9.72. The first-order valence-corrected chi connectivity index (χ1v) is 7.93. The van der Waals surface area contributed by atoms with Crippen LogP contribution in [0.15, 0.2) is 23.7 Å². The highest BCUT2D eigenvalue weighted by Gasteiger charge is 2.20. The summed E-state index contributed by atoms with van der Waals surface area (Å²) in [5.74, 6) is 1.51. The third-order valence-corrected chi connectivity index (χ3v) is 4.67. The minimum Gasteiger partial charge on any atom is -0.316 e. The van der Waals surface area contributed by atoms with Crippen LogP contribution in [0, 0.1) is 6.92 Å². The summed E-state index contributed by atoms with van der Waals surface area (Å²) < 4.78 is 0. The van der Waals surface area contributed by atoms with Crippen molar-refractivity contribution in [1.29, 1.82) is 0 Å². The number of hydrogen-bond donors (Lipinski definition) is 1. The Labute approximate surface area is 123 Å². The van der Waals surface area contributed by atoms with E-state index in [1.807, 2.05) is 6.07 Å². The summed E-state index contributed by atoms with van der Waals surface area (Å²) in [5, 5.41) is 6.46. The topological polar surface area (TPSA) is 41.1 Å².